The van der Waals surface area contributed by atoms with Crippen molar-refractivity contribution in [2.75, 3.05) is 59.6 Å². The number of halogens is 7. The van der Waals surface area contributed by atoms with E-state index in [4.69, 9.17) is 35.3 Å². The number of rotatable bonds is 7. The number of benzene rings is 2. The summed E-state index contributed by atoms with van der Waals surface area (Å²) in [6, 6.07) is 7.65. The number of ether oxygens (including phenoxy) is 5. The van der Waals surface area contributed by atoms with Crippen molar-refractivity contribution >= 4 is 17.3 Å². The maximum Gasteiger partial charge on any atom is 0.416 e. The molecule has 13 heteroatoms. The number of hydrogen-bond acceptors (Lipinski definition) is 6. The SMILES string of the molecule is COC(OC)c1ccc(Cl)cc1C(F)(F)F.COC(OC)c1ccc(N2CCOCC2)cc1C(F)(F)F. The molecule has 1 aliphatic rings. The average molecular weight is 560 g/mol. The molecule has 0 unspecified atom stereocenters. The van der Waals surface area contributed by atoms with Crippen molar-refractivity contribution in [2.24, 2.45) is 0 Å². The number of nitrogens with zero attached hydrogens (tertiary/aromatic N) is 1. The van der Waals surface area contributed by atoms with E-state index >= 15 is 0 Å². The van der Waals surface area contributed by atoms with E-state index in [-0.39, 0.29) is 16.1 Å². The van der Waals surface area contributed by atoms with E-state index in [2.05, 4.69) is 0 Å². The minimum Gasteiger partial charge on any atom is -0.378 e. The lowest BCUT2D eigenvalue weighted by Crippen LogP contribution is -2.36. The van der Waals surface area contributed by atoms with Crippen LogP contribution in [0.5, 0.6) is 0 Å². The van der Waals surface area contributed by atoms with Gasteiger partial charge in [-0.05, 0) is 24.3 Å². The third-order valence-electron chi connectivity index (χ3n) is 5.40. The van der Waals surface area contributed by atoms with Gasteiger partial charge in [0.2, 0.25) is 0 Å². The number of anilines is 1. The first-order valence-corrected chi connectivity index (χ1v) is 11.3. The highest BCUT2D eigenvalue weighted by atomic mass is 35.5. The second kappa shape index (κ2) is 13.6. The molecule has 0 radical (unpaired) electrons. The van der Waals surface area contributed by atoms with Gasteiger partial charge in [-0.1, -0.05) is 23.7 Å². The van der Waals surface area contributed by atoms with Gasteiger partial charge in [0, 0.05) is 63.4 Å². The van der Waals surface area contributed by atoms with Crippen LogP contribution in [-0.4, -0.2) is 54.7 Å². The highest BCUT2D eigenvalue weighted by Gasteiger charge is 2.37. The van der Waals surface area contributed by atoms with Gasteiger partial charge in [-0.15, -0.1) is 0 Å². The van der Waals surface area contributed by atoms with E-state index in [1.807, 2.05) is 4.90 Å². The molecule has 0 saturated carbocycles. The van der Waals surface area contributed by atoms with Gasteiger partial charge < -0.3 is 28.6 Å². The van der Waals surface area contributed by atoms with Crippen molar-refractivity contribution in [3.8, 4) is 0 Å². The first-order valence-electron chi connectivity index (χ1n) is 10.9. The topological polar surface area (TPSA) is 49.4 Å². The summed E-state index contributed by atoms with van der Waals surface area (Å²) in [6.45, 7) is 2.19. The number of alkyl halides is 6. The van der Waals surface area contributed by atoms with Crippen LogP contribution in [-0.2, 0) is 36.0 Å². The standard InChI is InChI=1S/C14H18F3NO3.C10H10ClF3O2/c1-19-13(20-2)11-4-3-10(9-12(11)14(15,16)17)18-5-7-21-8-6-18;1-15-9(16-2)7-4-3-6(11)5-8(7)10(12,13)14/h3-4,9,13H,5-8H2,1-2H3;3-5,9H,1-2H3. The fourth-order valence-corrected chi connectivity index (χ4v) is 3.87. The van der Waals surface area contributed by atoms with Crippen molar-refractivity contribution in [1.82, 2.24) is 0 Å². The zero-order valence-corrected chi connectivity index (χ0v) is 21.3. The molecule has 3 rings (SSSR count). The Hall–Kier alpha value is -2.09. The lowest BCUT2D eigenvalue weighted by atomic mass is 10.0. The molecule has 2 aromatic carbocycles. The van der Waals surface area contributed by atoms with Gasteiger partial charge in [-0.3, -0.25) is 0 Å². The molecule has 0 amide bonds. The first kappa shape index (κ1) is 31.1. The summed E-state index contributed by atoms with van der Waals surface area (Å²) < 4.78 is 103. The predicted octanol–water partition coefficient (Wildman–Crippen LogP) is 6.48. The molecule has 1 aliphatic heterocycles. The van der Waals surface area contributed by atoms with Crippen LogP contribution in [0.2, 0.25) is 5.02 Å². The Labute approximate surface area is 215 Å². The van der Waals surface area contributed by atoms with Crippen LogP contribution < -0.4 is 4.90 Å². The quantitative estimate of drug-likeness (QED) is 0.286. The molecule has 37 heavy (non-hydrogen) atoms. The molecule has 1 saturated heterocycles. The van der Waals surface area contributed by atoms with Gasteiger partial charge in [0.1, 0.15) is 0 Å². The van der Waals surface area contributed by atoms with E-state index in [1.54, 1.807) is 6.07 Å². The predicted molar refractivity (Wildman–Crippen MR) is 124 cm³/mol. The largest absolute Gasteiger partial charge is 0.416 e. The summed E-state index contributed by atoms with van der Waals surface area (Å²) in [5.74, 6) is 0. The Morgan fingerprint density at radius 1 is 0.730 bits per heavy atom. The fraction of sp³-hybridized carbons (Fsp3) is 0.500. The average Bonchev–Trinajstić information content (AvgIpc) is 2.86. The highest BCUT2D eigenvalue weighted by Crippen LogP contribution is 2.39. The Balaban J connectivity index is 0.000000271. The molecule has 0 N–H and O–H groups in total. The Kier molecular flexibility index (Phi) is 11.5. The lowest BCUT2D eigenvalue weighted by Gasteiger charge is -2.30. The second-order valence-corrected chi connectivity index (χ2v) is 8.14. The number of hydrogen-bond donors (Lipinski definition) is 0. The molecular formula is C24H28ClF6NO5. The Morgan fingerprint density at radius 3 is 1.59 bits per heavy atom. The summed E-state index contributed by atoms with van der Waals surface area (Å²) in [4.78, 5) is 1.87. The van der Waals surface area contributed by atoms with Crippen LogP contribution in [0.25, 0.3) is 0 Å². The third-order valence-corrected chi connectivity index (χ3v) is 5.64. The lowest BCUT2D eigenvalue weighted by molar-refractivity contribution is -0.148. The Morgan fingerprint density at radius 2 is 1.16 bits per heavy atom. The molecule has 0 bridgehead atoms. The second-order valence-electron chi connectivity index (χ2n) is 7.70. The minimum atomic E-state index is -4.49. The van der Waals surface area contributed by atoms with Crippen LogP contribution in [0, 0.1) is 0 Å². The van der Waals surface area contributed by atoms with Crippen molar-refractivity contribution in [3.05, 3.63) is 63.7 Å². The third kappa shape index (κ3) is 8.45. The van der Waals surface area contributed by atoms with Crippen LogP contribution in [0.3, 0.4) is 0 Å². The van der Waals surface area contributed by atoms with Gasteiger partial charge in [0.25, 0.3) is 0 Å². The summed E-state index contributed by atoms with van der Waals surface area (Å²) in [5.41, 5.74) is -1.18. The molecule has 1 heterocycles. The van der Waals surface area contributed by atoms with Crippen LogP contribution in [0.1, 0.15) is 34.8 Å². The van der Waals surface area contributed by atoms with Crippen molar-refractivity contribution in [1.29, 1.82) is 0 Å². The fourth-order valence-electron chi connectivity index (χ4n) is 3.69. The molecule has 0 atom stereocenters. The molecule has 2 aromatic rings. The van der Waals surface area contributed by atoms with Gasteiger partial charge in [-0.2, -0.15) is 26.3 Å². The van der Waals surface area contributed by atoms with E-state index in [9.17, 15) is 26.3 Å². The molecule has 0 aliphatic carbocycles. The van der Waals surface area contributed by atoms with Crippen LogP contribution in [0.4, 0.5) is 32.0 Å². The summed E-state index contributed by atoms with van der Waals surface area (Å²) in [7, 11) is 5.15. The van der Waals surface area contributed by atoms with Gasteiger partial charge in [0.05, 0.1) is 24.3 Å². The smallest absolute Gasteiger partial charge is 0.378 e. The zero-order chi connectivity index (χ0) is 27.8. The molecule has 1 fully saturated rings. The first-order chi connectivity index (χ1) is 17.4. The van der Waals surface area contributed by atoms with Gasteiger partial charge in [0.15, 0.2) is 12.6 Å². The number of morpholine rings is 1. The molecule has 6 nitrogen and oxygen atoms in total. The monoisotopic (exact) mass is 559 g/mol. The Bertz CT molecular complexity index is 991. The normalized spacial score (nSPS) is 14.7. The molecule has 0 aromatic heterocycles. The summed E-state index contributed by atoms with van der Waals surface area (Å²) in [5, 5.41) is 0.0158. The zero-order valence-electron chi connectivity index (χ0n) is 20.6. The van der Waals surface area contributed by atoms with Crippen molar-refractivity contribution in [2.45, 2.75) is 24.9 Å². The summed E-state index contributed by atoms with van der Waals surface area (Å²) in [6.07, 6.45) is -11.1. The van der Waals surface area contributed by atoms with E-state index in [1.165, 1.54) is 46.6 Å². The van der Waals surface area contributed by atoms with Crippen LogP contribution >= 0.6 is 11.6 Å². The van der Waals surface area contributed by atoms with Crippen molar-refractivity contribution in [3.63, 3.8) is 0 Å². The maximum absolute atomic E-state index is 13.3. The van der Waals surface area contributed by atoms with E-state index in [0.717, 1.165) is 12.1 Å². The molecule has 208 valence electrons. The number of methoxy groups -OCH3 is 4. The van der Waals surface area contributed by atoms with Gasteiger partial charge >= 0.3 is 12.4 Å². The maximum atomic E-state index is 13.3. The molecular weight excluding hydrogens is 532 g/mol. The van der Waals surface area contributed by atoms with Crippen LogP contribution in [0.15, 0.2) is 36.4 Å². The summed E-state index contributed by atoms with van der Waals surface area (Å²) >= 11 is 5.53. The van der Waals surface area contributed by atoms with E-state index in [0.29, 0.717) is 32.0 Å². The highest BCUT2D eigenvalue weighted by molar-refractivity contribution is 6.30. The van der Waals surface area contributed by atoms with Crippen molar-refractivity contribution < 1.29 is 50.0 Å². The minimum absolute atomic E-state index is 0.0158. The van der Waals surface area contributed by atoms with E-state index < -0.39 is 36.1 Å². The molecule has 0 spiro atoms. The van der Waals surface area contributed by atoms with Gasteiger partial charge in [-0.25, -0.2) is 0 Å².